The highest BCUT2D eigenvalue weighted by Gasteiger charge is 2.30. The zero-order valence-corrected chi connectivity index (χ0v) is 12.0. The lowest BCUT2D eigenvalue weighted by Crippen LogP contribution is -2.11. The molecule has 0 radical (unpaired) electrons. The first-order chi connectivity index (χ1) is 11.2. The summed E-state index contributed by atoms with van der Waals surface area (Å²) in [5.41, 5.74) is 2.57. The molecule has 0 unspecified atom stereocenters. The Bertz CT molecular complexity index is 1040. The van der Waals surface area contributed by atoms with E-state index in [0.717, 1.165) is 0 Å². The Morgan fingerprint density at radius 2 is 1.70 bits per heavy atom. The molecule has 2 heterocycles. The molecule has 0 bridgehead atoms. The van der Waals surface area contributed by atoms with Gasteiger partial charge in [-0.2, -0.15) is 0 Å². The molecule has 0 amide bonds. The van der Waals surface area contributed by atoms with Crippen molar-refractivity contribution in [2.75, 3.05) is 0 Å². The molecule has 0 fully saturated rings. The van der Waals surface area contributed by atoms with Crippen LogP contribution in [-0.4, -0.2) is 26.0 Å². The molecule has 6 nitrogen and oxygen atoms in total. The SMILES string of the molecule is O=C1c2ccncc2-c2[nH]c(=O)c3cc(CO)c(CO)cc3c21. The fourth-order valence-corrected chi connectivity index (χ4v) is 3.12. The molecular weight excluding hydrogens is 296 g/mol. The summed E-state index contributed by atoms with van der Waals surface area (Å²) < 4.78 is 0. The topological polar surface area (TPSA) is 103 Å². The van der Waals surface area contributed by atoms with E-state index in [1.165, 1.54) is 12.3 Å². The number of H-pyrrole nitrogens is 1. The van der Waals surface area contributed by atoms with Gasteiger partial charge in [0.15, 0.2) is 5.78 Å². The van der Waals surface area contributed by atoms with Crippen LogP contribution in [0.5, 0.6) is 0 Å². The van der Waals surface area contributed by atoms with Gasteiger partial charge in [-0.15, -0.1) is 0 Å². The third kappa shape index (κ3) is 1.79. The molecule has 1 aliphatic rings. The van der Waals surface area contributed by atoms with Gasteiger partial charge in [0.2, 0.25) is 0 Å². The zero-order chi connectivity index (χ0) is 16.1. The van der Waals surface area contributed by atoms with Crippen LogP contribution < -0.4 is 5.56 Å². The Morgan fingerprint density at radius 3 is 2.39 bits per heavy atom. The van der Waals surface area contributed by atoms with Crippen LogP contribution in [0.3, 0.4) is 0 Å². The minimum absolute atomic E-state index is 0.181. The van der Waals surface area contributed by atoms with Crippen molar-refractivity contribution >= 4 is 16.6 Å². The van der Waals surface area contributed by atoms with Crippen molar-refractivity contribution in [2.45, 2.75) is 13.2 Å². The zero-order valence-electron chi connectivity index (χ0n) is 12.0. The Labute approximate surface area is 130 Å². The number of fused-ring (bicyclic) bond motifs is 5. The third-order valence-electron chi connectivity index (χ3n) is 4.25. The summed E-state index contributed by atoms with van der Waals surface area (Å²) in [4.78, 5) is 31.9. The number of benzene rings is 1. The van der Waals surface area contributed by atoms with Crippen molar-refractivity contribution < 1.29 is 15.0 Å². The van der Waals surface area contributed by atoms with E-state index in [4.69, 9.17) is 0 Å². The standard InChI is InChI=1S/C17H12N2O4/c20-6-8-3-11-12(4-9(8)7-21)17(23)19-15-13-5-18-2-1-10(13)16(22)14(11)15/h1-5,20-21H,6-7H2,(H,19,23). The van der Waals surface area contributed by atoms with Crippen molar-refractivity contribution in [2.24, 2.45) is 0 Å². The van der Waals surface area contributed by atoms with E-state index in [1.807, 2.05) is 0 Å². The number of nitrogens with zero attached hydrogens (tertiary/aromatic N) is 1. The fourth-order valence-electron chi connectivity index (χ4n) is 3.12. The van der Waals surface area contributed by atoms with Gasteiger partial charge in [-0.1, -0.05) is 0 Å². The smallest absolute Gasteiger partial charge is 0.256 e. The maximum Gasteiger partial charge on any atom is 0.256 e. The van der Waals surface area contributed by atoms with Gasteiger partial charge in [0.1, 0.15) is 0 Å². The maximum absolute atomic E-state index is 12.7. The molecule has 23 heavy (non-hydrogen) atoms. The van der Waals surface area contributed by atoms with Gasteiger partial charge in [-0.3, -0.25) is 14.6 Å². The van der Waals surface area contributed by atoms with Crippen LogP contribution in [0, 0.1) is 0 Å². The van der Waals surface area contributed by atoms with E-state index in [1.54, 1.807) is 18.3 Å². The number of rotatable bonds is 2. The van der Waals surface area contributed by atoms with E-state index < -0.39 is 0 Å². The van der Waals surface area contributed by atoms with Crippen molar-refractivity contribution in [1.82, 2.24) is 9.97 Å². The van der Waals surface area contributed by atoms with E-state index in [-0.39, 0.29) is 24.6 Å². The van der Waals surface area contributed by atoms with Crippen LogP contribution >= 0.6 is 0 Å². The molecular formula is C17H12N2O4. The Hall–Kier alpha value is -2.83. The predicted molar refractivity (Wildman–Crippen MR) is 83.1 cm³/mol. The van der Waals surface area contributed by atoms with Crippen molar-refractivity contribution in [3.05, 3.63) is 63.2 Å². The molecule has 6 heteroatoms. The first kappa shape index (κ1) is 13.8. The second-order valence-corrected chi connectivity index (χ2v) is 5.44. The summed E-state index contributed by atoms with van der Waals surface area (Å²) in [6, 6.07) is 4.75. The van der Waals surface area contributed by atoms with Crippen LogP contribution in [0.15, 0.2) is 35.4 Å². The first-order valence-electron chi connectivity index (χ1n) is 7.08. The number of aromatic amines is 1. The van der Waals surface area contributed by atoms with E-state index in [2.05, 4.69) is 9.97 Å². The molecule has 4 rings (SSSR count). The third-order valence-corrected chi connectivity index (χ3v) is 4.25. The highest BCUT2D eigenvalue weighted by Crippen LogP contribution is 2.37. The Morgan fingerprint density at radius 1 is 1.00 bits per heavy atom. The summed E-state index contributed by atoms with van der Waals surface area (Å²) >= 11 is 0. The fraction of sp³-hybridized carbons (Fsp3) is 0.118. The Balaban J connectivity index is 2.16. The summed E-state index contributed by atoms with van der Waals surface area (Å²) in [7, 11) is 0. The van der Waals surface area contributed by atoms with Crippen molar-refractivity contribution in [3.63, 3.8) is 0 Å². The number of aliphatic hydroxyl groups is 2. The summed E-state index contributed by atoms with van der Waals surface area (Å²) in [5.74, 6) is -0.181. The molecule has 114 valence electrons. The van der Waals surface area contributed by atoms with Gasteiger partial charge in [0.25, 0.3) is 5.56 Å². The monoisotopic (exact) mass is 308 g/mol. The van der Waals surface area contributed by atoms with E-state index in [0.29, 0.717) is 44.3 Å². The number of nitrogens with one attached hydrogen (secondary N) is 1. The van der Waals surface area contributed by atoms with Crippen LogP contribution in [0.1, 0.15) is 27.0 Å². The molecule has 0 atom stereocenters. The van der Waals surface area contributed by atoms with Gasteiger partial charge in [-0.05, 0) is 29.3 Å². The van der Waals surface area contributed by atoms with Gasteiger partial charge in [0.05, 0.1) is 24.5 Å². The van der Waals surface area contributed by atoms with Crippen molar-refractivity contribution in [3.8, 4) is 11.3 Å². The minimum atomic E-state index is -0.345. The van der Waals surface area contributed by atoms with Crippen LogP contribution in [0.4, 0.5) is 0 Å². The van der Waals surface area contributed by atoms with Crippen LogP contribution in [0.25, 0.3) is 22.0 Å². The number of aliphatic hydroxyl groups excluding tert-OH is 2. The van der Waals surface area contributed by atoms with E-state index >= 15 is 0 Å². The van der Waals surface area contributed by atoms with Gasteiger partial charge >= 0.3 is 0 Å². The summed E-state index contributed by atoms with van der Waals surface area (Å²) in [6.45, 7) is -0.573. The van der Waals surface area contributed by atoms with Crippen LogP contribution in [-0.2, 0) is 13.2 Å². The molecule has 0 saturated carbocycles. The molecule has 0 saturated heterocycles. The van der Waals surface area contributed by atoms with E-state index in [9.17, 15) is 19.8 Å². The molecule has 0 spiro atoms. The molecule has 1 aliphatic carbocycles. The molecule has 3 aromatic rings. The highest BCUT2D eigenvalue weighted by atomic mass is 16.3. The quantitative estimate of drug-likeness (QED) is 0.515. The number of carbonyl (C=O) groups excluding carboxylic acids is 1. The minimum Gasteiger partial charge on any atom is -0.392 e. The van der Waals surface area contributed by atoms with Gasteiger partial charge in [0, 0.05) is 34.3 Å². The molecule has 3 N–H and O–H groups in total. The molecule has 1 aromatic carbocycles. The lowest BCUT2D eigenvalue weighted by molar-refractivity contribution is 0.104. The normalized spacial score (nSPS) is 12.5. The van der Waals surface area contributed by atoms with Crippen LogP contribution in [0.2, 0.25) is 0 Å². The second-order valence-electron chi connectivity index (χ2n) is 5.44. The number of pyridine rings is 2. The number of hydrogen-bond donors (Lipinski definition) is 3. The number of ketones is 1. The second kappa shape index (κ2) is 4.84. The van der Waals surface area contributed by atoms with Gasteiger partial charge in [-0.25, -0.2) is 0 Å². The molecule has 2 aromatic heterocycles. The lowest BCUT2D eigenvalue weighted by Gasteiger charge is -2.10. The lowest BCUT2D eigenvalue weighted by atomic mass is 9.97. The molecule has 0 aliphatic heterocycles. The maximum atomic E-state index is 12.7. The van der Waals surface area contributed by atoms with Gasteiger partial charge < -0.3 is 15.2 Å². The summed E-state index contributed by atoms with van der Waals surface area (Å²) in [6.07, 6.45) is 3.09. The largest absolute Gasteiger partial charge is 0.392 e. The van der Waals surface area contributed by atoms with Crippen molar-refractivity contribution in [1.29, 1.82) is 0 Å². The average Bonchev–Trinajstić information content (AvgIpc) is 2.87. The average molecular weight is 308 g/mol. The first-order valence-corrected chi connectivity index (χ1v) is 7.08. The summed E-state index contributed by atoms with van der Waals surface area (Å²) in [5, 5.41) is 19.7. The number of hydrogen-bond acceptors (Lipinski definition) is 5. The highest BCUT2D eigenvalue weighted by molar-refractivity contribution is 6.26. The predicted octanol–water partition coefficient (Wildman–Crippen LogP) is 1.12. The Kier molecular flexibility index (Phi) is 2.90. The number of aromatic nitrogens is 2. The number of carbonyl (C=O) groups is 1.